The molecule has 1 saturated heterocycles. The van der Waals surface area contributed by atoms with Crippen LogP contribution >= 0.6 is 0 Å². The summed E-state index contributed by atoms with van der Waals surface area (Å²) in [6.07, 6.45) is 5.36. The SMILES string of the molecule is CCCS(=O)(=O)c1ccc(Oc2cc3nc(-c4ccccn4)[nH]c3cc2C2CCCN2C(C)=O)cn1. The number of H-pyrrole nitrogens is 1. The molecule has 4 aromatic rings. The number of carbonyl (C=O) groups is 1. The van der Waals surface area contributed by atoms with E-state index < -0.39 is 9.84 Å². The number of carbonyl (C=O) groups excluding carboxylic acids is 1. The highest BCUT2D eigenvalue weighted by molar-refractivity contribution is 7.91. The van der Waals surface area contributed by atoms with Crippen LogP contribution in [0.15, 0.2) is 59.9 Å². The molecule has 1 aliphatic rings. The second-order valence-electron chi connectivity index (χ2n) is 8.83. The molecule has 1 unspecified atom stereocenters. The zero-order valence-corrected chi connectivity index (χ0v) is 21.0. The molecule has 3 aromatic heterocycles. The molecule has 1 aromatic carbocycles. The molecule has 1 aliphatic heterocycles. The van der Waals surface area contributed by atoms with Crippen molar-refractivity contribution in [3.8, 4) is 23.0 Å². The molecule has 1 N–H and O–H groups in total. The van der Waals surface area contributed by atoms with Gasteiger partial charge >= 0.3 is 0 Å². The maximum atomic E-state index is 12.3. The lowest BCUT2D eigenvalue weighted by atomic mass is 10.0. The lowest BCUT2D eigenvalue weighted by Gasteiger charge is -2.25. The van der Waals surface area contributed by atoms with Crippen molar-refractivity contribution in [2.24, 2.45) is 0 Å². The smallest absolute Gasteiger partial charge is 0.219 e. The third kappa shape index (κ3) is 4.68. The summed E-state index contributed by atoms with van der Waals surface area (Å²) in [4.78, 5) is 30.7. The first-order chi connectivity index (χ1) is 17.4. The number of ether oxygens (including phenoxy) is 1. The molecule has 0 bridgehead atoms. The number of hydrogen-bond acceptors (Lipinski definition) is 7. The number of likely N-dealkylation sites (tertiary alicyclic amines) is 1. The molecule has 10 heteroatoms. The van der Waals surface area contributed by atoms with E-state index in [1.165, 1.54) is 12.3 Å². The highest BCUT2D eigenvalue weighted by Crippen LogP contribution is 2.41. The minimum absolute atomic E-state index is 0.00878. The minimum atomic E-state index is -3.42. The Hall–Kier alpha value is -3.79. The van der Waals surface area contributed by atoms with Crippen LogP contribution in [0.25, 0.3) is 22.6 Å². The first kappa shape index (κ1) is 23.9. The van der Waals surface area contributed by atoms with Crippen LogP contribution in [0.5, 0.6) is 11.5 Å². The van der Waals surface area contributed by atoms with Crippen molar-refractivity contribution < 1.29 is 17.9 Å². The zero-order valence-electron chi connectivity index (χ0n) is 20.1. The normalized spacial score (nSPS) is 15.9. The monoisotopic (exact) mass is 505 g/mol. The van der Waals surface area contributed by atoms with E-state index in [0.717, 1.165) is 29.6 Å². The van der Waals surface area contributed by atoms with Crippen molar-refractivity contribution in [1.82, 2.24) is 24.8 Å². The van der Waals surface area contributed by atoms with Crippen molar-refractivity contribution in [2.45, 2.75) is 44.2 Å². The van der Waals surface area contributed by atoms with Gasteiger partial charge in [0.1, 0.15) is 17.2 Å². The molecule has 0 spiro atoms. The second-order valence-corrected chi connectivity index (χ2v) is 10.9. The van der Waals surface area contributed by atoms with Crippen molar-refractivity contribution in [3.05, 3.63) is 60.4 Å². The van der Waals surface area contributed by atoms with Crippen LogP contribution in [0.2, 0.25) is 0 Å². The number of aromatic nitrogens is 4. The van der Waals surface area contributed by atoms with Crippen molar-refractivity contribution in [2.75, 3.05) is 12.3 Å². The minimum Gasteiger partial charge on any atom is -0.455 e. The fraction of sp³-hybridized carbons (Fsp3) is 0.308. The first-order valence-electron chi connectivity index (χ1n) is 11.9. The van der Waals surface area contributed by atoms with E-state index in [1.807, 2.05) is 42.2 Å². The summed E-state index contributed by atoms with van der Waals surface area (Å²) in [6, 6.07) is 12.4. The Labute approximate surface area is 209 Å². The van der Waals surface area contributed by atoms with E-state index >= 15 is 0 Å². The molecule has 1 atom stereocenters. The highest BCUT2D eigenvalue weighted by atomic mass is 32.2. The fourth-order valence-electron chi connectivity index (χ4n) is 4.61. The summed E-state index contributed by atoms with van der Waals surface area (Å²) in [5, 5.41) is 0.0261. The van der Waals surface area contributed by atoms with Gasteiger partial charge in [0.25, 0.3) is 0 Å². The van der Waals surface area contributed by atoms with Crippen molar-refractivity contribution in [1.29, 1.82) is 0 Å². The topological polar surface area (TPSA) is 118 Å². The Balaban J connectivity index is 1.56. The van der Waals surface area contributed by atoms with Gasteiger partial charge in [0.2, 0.25) is 5.91 Å². The summed E-state index contributed by atoms with van der Waals surface area (Å²) in [5.41, 5.74) is 3.08. The molecule has 186 valence electrons. The molecule has 4 heterocycles. The number of pyridine rings is 2. The van der Waals surface area contributed by atoms with Gasteiger partial charge in [-0.1, -0.05) is 13.0 Å². The number of nitrogens with zero attached hydrogens (tertiary/aromatic N) is 4. The van der Waals surface area contributed by atoms with E-state index in [-0.39, 0.29) is 22.7 Å². The number of fused-ring (bicyclic) bond motifs is 1. The molecular formula is C26H27N5O4S. The third-order valence-electron chi connectivity index (χ3n) is 6.27. The Morgan fingerprint density at radius 1 is 1.19 bits per heavy atom. The lowest BCUT2D eigenvalue weighted by Crippen LogP contribution is -2.28. The van der Waals surface area contributed by atoms with Gasteiger partial charge in [0, 0.05) is 31.3 Å². The summed E-state index contributed by atoms with van der Waals surface area (Å²) < 4.78 is 30.9. The number of benzene rings is 1. The number of hydrogen-bond donors (Lipinski definition) is 1. The molecule has 0 saturated carbocycles. The van der Waals surface area contributed by atoms with Gasteiger partial charge in [-0.05, 0) is 49.6 Å². The quantitative estimate of drug-likeness (QED) is 0.387. The van der Waals surface area contributed by atoms with Gasteiger partial charge in [-0.3, -0.25) is 9.78 Å². The first-order valence-corrected chi connectivity index (χ1v) is 13.6. The summed E-state index contributed by atoms with van der Waals surface area (Å²) in [5.74, 6) is 1.64. The van der Waals surface area contributed by atoms with E-state index in [4.69, 9.17) is 9.72 Å². The number of imidazole rings is 1. The summed E-state index contributed by atoms with van der Waals surface area (Å²) in [7, 11) is -3.42. The van der Waals surface area contributed by atoms with Crippen LogP contribution in [0.4, 0.5) is 0 Å². The van der Waals surface area contributed by atoms with E-state index in [0.29, 0.717) is 35.8 Å². The predicted octanol–water partition coefficient (Wildman–Crippen LogP) is 4.68. The molecule has 36 heavy (non-hydrogen) atoms. The van der Waals surface area contributed by atoms with Gasteiger partial charge in [0.05, 0.1) is 29.0 Å². The van der Waals surface area contributed by atoms with Crippen molar-refractivity contribution in [3.63, 3.8) is 0 Å². The van der Waals surface area contributed by atoms with Gasteiger partial charge < -0.3 is 14.6 Å². The number of amides is 1. The van der Waals surface area contributed by atoms with Crippen LogP contribution in [0.1, 0.15) is 44.7 Å². The average molecular weight is 506 g/mol. The number of sulfone groups is 1. The highest BCUT2D eigenvalue weighted by Gasteiger charge is 2.31. The van der Waals surface area contributed by atoms with Gasteiger partial charge in [-0.2, -0.15) is 0 Å². The van der Waals surface area contributed by atoms with Crippen LogP contribution in [0.3, 0.4) is 0 Å². The number of rotatable bonds is 7. The van der Waals surface area contributed by atoms with Gasteiger partial charge in [-0.15, -0.1) is 0 Å². The predicted molar refractivity (Wildman–Crippen MR) is 135 cm³/mol. The molecule has 9 nitrogen and oxygen atoms in total. The van der Waals surface area contributed by atoms with Crippen LogP contribution in [-0.2, 0) is 14.6 Å². The Morgan fingerprint density at radius 2 is 2.06 bits per heavy atom. The van der Waals surface area contributed by atoms with Crippen molar-refractivity contribution >= 4 is 26.8 Å². The number of aromatic amines is 1. The molecule has 1 amide bonds. The maximum Gasteiger partial charge on any atom is 0.219 e. The largest absolute Gasteiger partial charge is 0.455 e. The summed E-state index contributed by atoms with van der Waals surface area (Å²) in [6.45, 7) is 4.08. The van der Waals surface area contributed by atoms with E-state index in [9.17, 15) is 13.2 Å². The molecule has 1 fully saturated rings. The Morgan fingerprint density at radius 3 is 2.75 bits per heavy atom. The fourth-order valence-corrected chi connectivity index (χ4v) is 5.84. The third-order valence-corrected chi connectivity index (χ3v) is 8.09. The second kappa shape index (κ2) is 9.69. The molecule has 0 aliphatic carbocycles. The number of nitrogens with one attached hydrogen (secondary N) is 1. The van der Waals surface area contributed by atoms with Crippen LogP contribution in [-0.4, -0.2) is 51.5 Å². The Kier molecular flexibility index (Phi) is 6.44. The average Bonchev–Trinajstić information content (AvgIpc) is 3.52. The van der Waals surface area contributed by atoms with Crippen LogP contribution in [0, 0.1) is 0 Å². The van der Waals surface area contributed by atoms with E-state index in [2.05, 4.69) is 15.0 Å². The lowest BCUT2D eigenvalue weighted by molar-refractivity contribution is -0.129. The summed E-state index contributed by atoms with van der Waals surface area (Å²) >= 11 is 0. The van der Waals surface area contributed by atoms with Gasteiger partial charge in [-0.25, -0.2) is 18.4 Å². The Bertz CT molecular complexity index is 1500. The molecular weight excluding hydrogens is 478 g/mol. The molecule has 0 radical (unpaired) electrons. The zero-order chi connectivity index (χ0) is 25.3. The standard InChI is InChI=1S/C26H27N5O4S/c1-3-13-36(33,34)25-10-9-18(16-28-25)35-24-15-22-21(29-26(30-22)20-7-4-5-11-27-20)14-19(24)23-8-6-12-31(23)17(2)32/h4-5,7,9-11,14-16,23H,3,6,8,12-13H2,1-2H3,(H,29,30). The van der Waals surface area contributed by atoms with Crippen LogP contribution < -0.4 is 4.74 Å². The van der Waals surface area contributed by atoms with Gasteiger partial charge in [0.15, 0.2) is 20.7 Å². The van der Waals surface area contributed by atoms with E-state index in [1.54, 1.807) is 19.2 Å². The maximum absolute atomic E-state index is 12.3. The molecule has 5 rings (SSSR count).